The number of nitriles is 2. The summed E-state index contributed by atoms with van der Waals surface area (Å²) >= 11 is 0. The molecule has 0 unspecified atom stereocenters. The smallest absolute Gasteiger partial charge is 0.268 e. The van der Waals surface area contributed by atoms with E-state index < -0.39 is 5.91 Å². The summed E-state index contributed by atoms with van der Waals surface area (Å²) in [7, 11) is 0. The van der Waals surface area contributed by atoms with Crippen LogP contribution in [0.25, 0.3) is 60.9 Å². The van der Waals surface area contributed by atoms with Gasteiger partial charge in [0.2, 0.25) is 0 Å². The first-order valence-corrected chi connectivity index (χ1v) is 16.8. The summed E-state index contributed by atoms with van der Waals surface area (Å²) in [5.74, 6) is -0.791. The highest BCUT2D eigenvalue weighted by molar-refractivity contribution is 6.36. The predicted molar refractivity (Wildman–Crippen MR) is 204 cm³/mol. The Bertz CT molecular complexity index is 2860. The van der Waals surface area contributed by atoms with E-state index in [4.69, 9.17) is 0 Å². The van der Waals surface area contributed by atoms with Crippen molar-refractivity contribution < 1.29 is 9.59 Å². The average molecular weight is 667 g/mol. The lowest BCUT2D eigenvalue weighted by atomic mass is 9.92. The summed E-state index contributed by atoms with van der Waals surface area (Å²) < 4.78 is 2.04. The van der Waals surface area contributed by atoms with E-state index in [1.807, 2.05) is 138 Å². The summed E-state index contributed by atoms with van der Waals surface area (Å²) in [5.41, 5.74) is 9.30. The molecule has 2 heterocycles. The Hall–Kier alpha value is -7.54. The van der Waals surface area contributed by atoms with Crippen molar-refractivity contribution in [2.45, 2.75) is 0 Å². The molecule has 6 nitrogen and oxygen atoms in total. The highest BCUT2D eigenvalue weighted by atomic mass is 16.2. The van der Waals surface area contributed by atoms with Gasteiger partial charge < -0.3 is 4.57 Å². The standard InChI is InChI=1S/C46H26N4O2/c47-27-29-21-23-34(33(25-29)28-48)32-22-24-37-36-15-7-8-18-39(36)49(42(37)26-32)41-20-10-17-38-44(41)46(52)50(45(38)51)40-19-9-16-35(30-11-3-1-4-12-30)43(40)31-13-5-2-6-14-31/h1-26H. The number of benzene rings is 7. The Morgan fingerprint density at radius 3 is 1.87 bits per heavy atom. The molecule has 0 aliphatic carbocycles. The van der Waals surface area contributed by atoms with Gasteiger partial charge in [0.1, 0.15) is 0 Å². The number of nitrogens with zero attached hydrogens (tertiary/aromatic N) is 4. The molecule has 0 N–H and O–H groups in total. The Balaban J connectivity index is 1.26. The predicted octanol–water partition coefficient (Wildman–Crippen LogP) is 10.3. The van der Waals surface area contributed by atoms with Crippen molar-refractivity contribution in [3.05, 3.63) is 180 Å². The number of carbonyl (C=O) groups excluding carboxylic acids is 2. The number of fused-ring (bicyclic) bond motifs is 4. The van der Waals surface area contributed by atoms with E-state index in [1.54, 1.807) is 24.3 Å². The number of hydrogen-bond donors (Lipinski definition) is 0. The van der Waals surface area contributed by atoms with E-state index in [-0.39, 0.29) is 5.91 Å². The molecule has 0 saturated heterocycles. The minimum absolute atomic E-state index is 0.320. The fraction of sp³-hybridized carbons (Fsp3) is 0. The largest absolute Gasteiger partial charge is 0.308 e. The van der Waals surface area contributed by atoms with Crippen LogP contribution in [0.2, 0.25) is 0 Å². The molecule has 1 aliphatic rings. The second-order valence-corrected chi connectivity index (χ2v) is 12.6. The van der Waals surface area contributed by atoms with Gasteiger partial charge in [0.05, 0.1) is 56.8 Å². The Labute approximate surface area is 299 Å². The van der Waals surface area contributed by atoms with Crippen molar-refractivity contribution in [1.29, 1.82) is 10.5 Å². The SMILES string of the molecule is N#Cc1ccc(-c2ccc3c4ccccc4n(-c4cccc5c4C(=O)N(c4cccc(-c6ccccc6)c4-c4ccccc4)C5=O)c3c2)c(C#N)c1. The van der Waals surface area contributed by atoms with Crippen molar-refractivity contribution in [2.75, 3.05) is 4.90 Å². The van der Waals surface area contributed by atoms with Crippen LogP contribution in [0.5, 0.6) is 0 Å². The third-order valence-electron chi connectivity index (χ3n) is 9.82. The second kappa shape index (κ2) is 12.1. The lowest BCUT2D eigenvalue weighted by Gasteiger charge is -2.22. The van der Waals surface area contributed by atoms with Gasteiger partial charge in [0.15, 0.2) is 0 Å². The van der Waals surface area contributed by atoms with E-state index in [9.17, 15) is 20.1 Å². The van der Waals surface area contributed by atoms with Crippen LogP contribution in [-0.2, 0) is 0 Å². The monoisotopic (exact) mass is 666 g/mol. The zero-order valence-electron chi connectivity index (χ0n) is 27.6. The molecular formula is C46H26N4O2. The van der Waals surface area contributed by atoms with E-state index in [0.717, 1.165) is 49.6 Å². The minimum Gasteiger partial charge on any atom is -0.308 e. The molecule has 0 saturated carbocycles. The highest BCUT2D eigenvalue weighted by Gasteiger charge is 2.40. The van der Waals surface area contributed by atoms with E-state index in [0.29, 0.717) is 39.2 Å². The van der Waals surface area contributed by atoms with Crippen LogP contribution < -0.4 is 4.90 Å². The van der Waals surface area contributed by atoms with E-state index in [1.165, 1.54) is 4.90 Å². The minimum atomic E-state index is -0.404. The van der Waals surface area contributed by atoms with Gasteiger partial charge in [-0.3, -0.25) is 9.59 Å². The van der Waals surface area contributed by atoms with E-state index in [2.05, 4.69) is 12.1 Å². The molecule has 52 heavy (non-hydrogen) atoms. The first-order valence-electron chi connectivity index (χ1n) is 16.8. The number of amides is 2. The van der Waals surface area contributed by atoms with Crippen molar-refractivity contribution >= 4 is 39.3 Å². The van der Waals surface area contributed by atoms with Gasteiger partial charge in [0.25, 0.3) is 11.8 Å². The summed E-state index contributed by atoms with van der Waals surface area (Å²) in [6.07, 6.45) is 0. The highest BCUT2D eigenvalue weighted by Crippen LogP contribution is 2.44. The van der Waals surface area contributed by atoms with Gasteiger partial charge in [0, 0.05) is 16.3 Å². The second-order valence-electron chi connectivity index (χ2n) is 12.6. The molecule has 242 valence electrons. The lowest BCUT2D eigenvalue weighted by molar-refractivity contribution is 0.0926. The zero-order valence-corrected chi connectivity index (χ0v) is 27.6. The summed E-state index contributed by atoms with van der Waals surface area (Å²) in [4.78, 5) is 30.7. The number of carbonyl (C=O) groups is 2. The van der Waals surface area contributed by atoms with Gasteiger partial charge in [-0.1, -0.05) is 115 Å². The quantitative estimate of drug-likeness (QED) is 0.171. The van der Waals surface area contributed by atoms with Crippen LogP contribution in [-0.4, -0.2) is 16.4 Å². The first kappa shape index (κ1) is 30.5. The topological polar surface area (TPSA) is 89.9 Å². The molecule has 0 radical (unpaired) electrons. The molecule has 2 amide bonds. The average Bonchev–Trinajstić information content (AvgIpc) is 3.67. The maximum atomic E-state index is 14.9. The normalized spacial score (nSPS) is 12.2. The van der Waals surface area contributed by atoms with Gasteiger partial charge >= 0.3 is 0 Å². The number of aromatic nitrogens is 1. The molecule has 9 rings (SSSR count). The molecule has 8 aromatic rings. The molecule has 1 aliphatic heterocycles. The molecule has 1 aromatic heterocycles. The fourth-order valence-corrected chi connectivity index (χ4v) is 7.52. The third-order valence-corrected chi connectivity index (χ3v) is 9.82. The summed E-state index contributed by atoms with van der Waals surface area (Å²) in [5, 5.41) is 21.3. The van der Waals surface area contributed by atoms with Crippen LogP contribution in [0.15, 0.2) is 158 Å². The number of hydrogen-bond acceptors (Lipinski definition) is 4. The number of para-hydroxylation sites is 1. The fourth-order valence-electron chi connectivity index (χ4n) is 7.52. The van der Waals surface area contributed by atoms with Crippen molar-refractivity contribution in [3.8, 4) is 51.2 Å². The molecule has 0 atom stereocenters. The van der Waals surface area contributed by atoms with Crippen molar-refractivity contribution in [3.63, 3.8) is 0 Å². The van der Waals surface area contributed by atoms with Crippen LogP contribution in [0, 0.1) is 22.7 Å². The van der Waals surface area contributed by atoms with Crippen LogP contribution in [0.3, 0.4) is 0 Å². The maximum absolute atomic E-state index is 14.9. The van der Waals surface area contributed by atoms with Gasteiger partial charge in [-0.2, -0.15) is 10.5 Å². The van der Waals surface area contributed by atoms with Gasteiger partial charge in [-0.05, 0) is 70.3 Å². The van der Waals surface area contributed by atoms with Crippen LogP contribution in [0.4, 0.5) is 5.69 Å². The van der Waals surface area contributed by atoms with Gasteiger partial charge in [-0.25, -0.2) is 4.90 Å². The van der Waals surface area contributed by atoms with Crippen LogP contribution >= 0.6 is 0 Å². The molecular weight excluding hydrogens is 641 g/mol. The summed E-state index contributed by atoms with van der Waals surface area (Å²) in [6.45, 7) is 0. The third kappa shape index (κ3) is 4.64. The lowest BCUT2D eigenvalue weighted by Crippen LogP contribution is -2.30. The maximum Gasteiger partial charge on any atom is 0.268 e. The van der Waals surface area contributed by atoms with Crippen molar-refractivity contribution in [1.82, 2.24) is 4.57 Å². The van der Waals surface area contributed by atoms with Crippen LogP contribution in [0.1, 0.15) is 31.8 Å². The molecule has 0 bridgehead atoms. The Morgan fingerprint density at radius 2 is 1.12 bits per heavy atom. The number of anilines is 1. The van der Waals surface area contributed by atoms with E-state index >= 15 is 0 Å². The Morgan fingerprint density at radius 1 is 0.442 bits per heavy atom. The zero-order chi connectivity index (χ0) is 35.3. The number of rotatable bonds is 5. The molecule has 0 fully saturated rings. The first-order chi connectivity index (χ1) is 25.6. The molecule has 7 aromatic carbocycles. The summed E-state index contributed by atoms with van der Waals surface area (Å²) in [6, 6.07) is 54.4. The Kier molecular flexibility index (Phi) is 7.10. The molecule has 0 spiro atoms. The number of imide groups is 1. The van der Waals surface area contributed by atoms with Crippen molar-refractivity contribution in [2.24, 2.45) is 0 Å². The van der Waals surface area contributed by atoms with Gasteiger partial charge in [-0.15, -0.1) is 0 Å². The molecule has 6 heteroatoms.